The first-order chi connectivity index (χ1) is 7.19. The molecule has 1 heterocycles. The summed E-state index contributed by atoms with van der Waals surface area (Å²) >= 11 is 0. The molecule has 0 aliphatic carbocycles. The molecular formula is C11H10F2N2. The maximum Gasteiger partial charge on any atom is 0.125 e. The first-order valence-corrected chi connectivity index (χ1v) is 4.74. The van der Waals surface area contributed by atoms with E-state index in [0.29, 0.717) is 30.8 Å². The average molecular weight is 208 g/mol. The Morgan fingerprint density at radius 3 is 2.80 bits per heavy atom. The molecule has 1 saturated heterocycles. The number of likely N-dealkylation sites (tertiary alicyclic amines) is 1. The smallest absolute Gasteiger partial charge is 0.125 e. The largest absolute Gasteiger partial charge is 0.293 e. The Morgan fingerprint density at radius 1 is 1.47 bits per heavy atom. The van der Waals surface area contributed by atoms with E-state index in [1.165, 1.54) is 18.2 Å². The molecule has 0 spiro atoms. The summed E-state index contributed by atoms with van der Waals surface area (Å²) in [6.45, 7) is 1.20. The van der Waals surface area contributed by atoms with E-state index in [4.69, 9.17) is 5.26 Å². The quantitative estimate of drug-likeness (QED) is 0.741. The molecule has 15 heavy (non-hydrogen) atoms. The molecule has 0 amide bonds. The van der Waals surface area contributed by atoms with E-state index in [2.05, 4.69) is 0 Å². The third-order valence-corrected chi connectivity index (χ3v) is 2.49. The van der Waals surface area contributed by atoms with Crippen molar-refractivity contribution in [2.75, 3.05) is 13.1 Å². The van der Waals surface area contributed by atoms with Gasteiger partial charge < -0.3 is 0 Å². The van der Waals surface area contributed by atoms with Crippen molar-refractivity contribution in [3.63, 3.8) is 0 Å². The lowest BCUT2D eigenvalue weighted by Gasteiger charge is -2.34. The molecule has 1 aromatic rings. The minimum absolute atomic E-state index is 0.360. The van der Waals surface area contributed by atoms with Gasteiger partial charge >= 0.3 is 0 Å². The predicted molar refractivity (Wildman–Crippen MR) is 51.3 cm³/mol. The molecule has 1 aliphatic rings. The Kier molecular flexibility index (Phi) is 2.65. The van der Waals surface area contributed by atoms with Gasteiger partial charge in [0.1, 0.15) is 12.0 Å². The minimum atomic E-state index is -0.774. The van der Waals surface area contributed by atoms with Crippen LogP contribution in [0.15, 0.2) is 18.2 Å². The zero-order chi connectivity index (χ0) is 10.8. The lowest BCUT2D eigenvalue weighted by Crippen LogP contribution is -2.47. The molecule has 0 saturated carbocycles. The van der Waals surface area contributed by atoms with Crippen LogP contribution in [0.4, 0.5) is 8.78 Å². The second-order valence-electron chi connectivity index (χ2n) is 3.70. The Bertz CT molecular complexity index is 406. The molecule has 0 N–H and O–H groups in total. The summed E-state index contributed by atoms with van der Waals surface area (Å²) in [4.78, 5) is 1.85. The number of nitrogens with zero attached hydrogens (tertiary/aromatic N) is 2. The highest BCUT2D eigenvalue weighted by atomic mass is 19.1. The molecule has 0 unspecified atom stereocenters. The van der Waals surface area contributed by atoms with Crippen LogP contribution in [0.1, 0.15) is 11.1 Å². The zero-order valence-corrected chi connectivity index (χ0v) is 8.08. The summed E-state index contributed by atoms with van der Waals surface area (Å²) in [5.41, 5.74) is 1.09. The first-order valence-electron chi connectivity index (χ1n) is 4.74. The molecule has 1 aliphatic heterocycles. The van der Waals surface area contributed by atoms with Crippen LogP contribution in [-0.4, -0.2) is 24.2 Å². The van der Waals surface area contributed by atoms with Crippen molar-refractivity contribution in [3.05, 3.63) is 35.1 Å². The fourth-order valence-corrected chi connectivity index (χ4v) is 1.68. The second kappa shape index (κ2) is 3.95. The lowest BCUT2D eigenvalue weighted by molar-refractivity contribution is 0.0590. The van der Waals surface area contributed by atoms with Crippen molar-refractivity contribution < 1.29 is 8.78 Å². The van der Waals surface area contributed by atoms with Crippen molar-refractivity contribution >= 4 is 0 Å². The third kappa shape index (κ3) is 2.13. The maximum absolute atomic E-state index is 12.9. The maximum atomic E-state index is 12.9. The van der Waals surface area contributed by atoms with Crippen LogP contribution < -0.4 is 0 Å². The van der Waals surface area contributed by atoms with Crippen LogP contribution in [0.25, 0.3) is 0 Å². The van der Waals surface area contributed by atoms with Gasteiger partial charge in [-0.15, -0.1) is 0 Å². The topological polar surface area (TPSA) is 27.0 Å². The number of rotatable bonds is 2. The van der Waals surface area contributed by atoms with Crippen molar-refractivity contribution in [2.24, 2.45) is 0 Å². The molecular weight excluding hydrogens is 198 g/mol. The van der Waals surface area contributed by atoms with E-state index >= 15 is 0 Å². The fourth-order valence-electron chi connectivity index (χ4n) is 1.68. The molecule has 0 atom stereocenters. The third-order valence-electron chi connectivity index (χ3n) is 2.49. The van der Waals surface area contributed by atoms with Crippen molar-refractivity contribution in [1.29, 1.82) is 5.26 Å². The van der Waals surface area contributed by atoms with Gasteiger partial charge in [0.05, 0.1) is 11.6 Å². The molecule has 1 fully saturated rings. The second-order valence-corrected chi connectivity index (χ2v) is 3.70. The highest BCUT2D eigenvalue weighted by Crippen LogP contribution is 2.18. The molecule has 78 valence electrons. The number of hydrogen-bond acceptors (Lipinski definition) is 2. The predicted octanol–water partition coefficient (Wildman–Crippen LogP) is 1.85. The van der Waals surface area contributed by atoms with Gasteiger partial charge in [-0.3, -0.25) is 4.90 Å². The fraction of sp³-hybridized carbons (Fsp3) is 0.364. The van der Waals surface area contributed by atoms with Crippen LogP contribution in [0.3, 0.4) is 0 Å². The highest BCUT2D eigenvalue weighted by molar-refractivity contribution is 5.37. The van der Waals surface area contributed by atoms with Gasteiger partial charge in [0.25, 0.3) is 0 Å². The van der Waals surface area contributed by atoms with Gasteiger partial charge in [-0.05, 0) is 23.8 Å². The van der Waals surface area contributed by atoms with E-state index < -0.39 is 6.17 Å². The van der Waals surface area contributed by atoms with Crippen molar-refractivity contribution in [2.45, 2.75) is 12.7 Å². The molecule has 4 heteroatoms. The Morgan fingerprint density at radius 2 is 2.20 bits per heavy atom. The van der Waals surface area contributed by atoms with E-state index in [0.717, 1.165) is 0 Å². The minimum Gasteiger partial charge on any atom is -0.293 e. The van der Waals surface area contributed by atoms with E-state index in [1.807, 2.05) is 11.0 Å². The summed E-state index contributed by atoms with van der Waals surface area (Å²) in [6.07, 6.45) is -0.774. The summed E-state index contributed by atoms with van der Waals surface area (Å²) in [6, 6.07) is 6.05. The number of alkyl halides is 1. The van der Waals surface area contributed by atoms with Gasteiger partial charge in [0.15, 0.2) is 0 Å². The number of halogens is 2. The van der Waals surface area contributed by atoms with Gasteiger partial charge in [-0.1, -0.05) is 0 Å². The van der Waals surface area contributed by atoms with Crippen LogP contribution >= 0.6 is 0 Å². The number of hydrogen-bond donors (Lipinski definition) is 0. The molecule has 2 rings (SSSR count). The van der Waals surface area contributed by atoms with E-state index in [-0.39, 0.29) is 5.82 Å². The Balaban J connectivity index is 2.13. The number of nitriles is 1. The molecule has 1 aromatic carbocycles. The van der Waals surface area contributed by atoms with Crippen LogP contribution in [0.2, 0.25) is 0 Å². The number of benzene rings is 1. The lowest BCUT2D eigenvalue weighted by atomic mass is 10.1. The summed E-state index contributed by atoms with van der Waals surface area (Å²) < 4.78 is 25.5. The van der Waals surface area contributed by atoms with E-state index in [9.17, 15) is 8.78 Å². The molecule has 0 bridgehead atoms. The highest BCUT2D eigenvalue weighted by Gasteiger charge is 2.26. The van der Waals surface area contributed by atoms with Crippen LogP contribution in [0.5, 0.6) is 0 Å². The molecule has 0 radical (unpaired) electrons. The van der Waals surface area contributed by atoms with Crippen molar-refractivity contribution in [1.82, 2.24) is 4.90 Å². The Hall–Kier alpha value is -1.47. The van der Waals surface area contributed by atoms with Crippen LogP contribution in [-0.2, 0) is 6.54 Å². The summed E-state index contributed by atoms with van der Waals surface area (Å²) in [5, 5.41) is 8.80. The van der Waals surface area contributed by atoms with Gasteiger partial charge in [-0.2, -0.15) is 5.26 Å². The monoisotopic (exact) mass is 208 g/mol. The summed E-state index contributed by atoms with van der Waals surface area (Å²) in [5.74, 6) is -0.360. The first kappa shape index (κ1) is 10.1. The molecule has 0 aromatic heterocycles. The summed E-state index contributed by atoms with van der Waals surface area (Å²) in [7, 11) is 0. The SMILES string of the molecule is N#Cc1ccc(F)cc1CN1CC(F)C1. The van der Waals surface area contributed by atoms with Gasteiger partial charge in [0, 0.05) is 19.6 Å². The van der Waals surface area contributed by atoms with Crippen LogP contribution in [0, 0.1) is 17.1 Å². The van der Waals surface area contributed by atoms with Crippen molar-refractivity contribution in [3.8, 4) is 6.07 Å². The average Bonchev–Trinajstić information content (AvgIpc) is 2.16. The standard InChI is InChI=1S/C11H10F2N2/c12-10-2-1-8(4-14)9(3-10)5-15-6-11(13)7-15/h1-3,11H,5-7H2. The van der Waals surface area contributed by atoms with Gasteiger partial charge in [0.2, 0.25) is 0 Å². The van der Waals surface area contributed by atoms with E-state index in [1.54, 1.807) is 0 Å². The Labute approximate surface area is 86.7 Å². The van der Waals surface area contributed by atoms with Gasteiger partial charge in [-0.25, -0.2) is 8.78 Å². The normalized spacial score (nSPS) is 17.1. The molecule has 2 nitrogen and oxygen atoms in total. The zero-order valence-electron chi connectivity index (χ0n) is 8.08.